The minimum Gasteiger partial charge on any atom is -0.490 e. The molecule has 0 bridgehead atoms. The Morgan fingerprint density at radius 2 is 1.75 bits per heavy atom. The average molecular weight is 756 g/mol. The van der Waals surface area contributed by atoms with Gasteiger partial charge in [-0.15, -0.1) is 0 Å². The monoisotopic (exact) mass is 755 g/mol. The third kappa shape index (κ3) is 7.05. The molecule has 2 aromatic carbocycles. The summed E-state index contributed by atoms with van der Waals surface area (Å²) in [4.78, 5) is 30.3. The van der Waals surface area contributed by atoms with Crippen LogP contribution in [0.25, 0.3) is 11.1 Å². The van der Waals surface area contributed by atoms with Crippen LogP contribution in [0.4, 0.5) is 20.3 Å². The van der Waals surface area contributed by atoms with E-state index in [9.17, 15) is 18.4 Å². The molecule has 292 valence electrons. The van der Waals surface area contributed by atoms with E-state index in [0.29, 0.717) is 47.8 Å². The topological polar surface area (TPSA) is 109 Å². The Kier molecular flexibility index (Phi) is 10.3. The average Bonchev–Trinajstić information content (AvgIpc) is 3.79. The number of rotatable bonds is 8. The summed E-state index contributed by atoms with van der Waals surface area (Å²) < 4.78 is 39.4. The molecule has 1 amide bonds. The zero-order valence-electron chi connectivity index (χ0n) is 32.0. The molecule has 2 aromatic heterocycles. The Labute approximate surface area is 320 Å². The molecule has 5 heterocycles. The number of aromatic nitrogens is 4. The number of alkyl halides is 2. The highest BCUT2D eigenvalue weighted by atomic mass is 19.3. The molecule has 0 unspecified atom stereocenters. The minimum atomic E-state index is -2.64. The zero-order valence-corrected chi connectivity index (χ0v) is 32.0. The van der Waals surface area contributed by atoms with Gasteiger partial charge in [0.2, 0.25) is 5.91 Å². The first kappa shape index (κ1) is 37.3. The van der Waals surface area contributed by atoms with Gasteiger partial charge in [0.1, 0.15) is 12.0 Å². The van der Waals surface area contributed by atoms with Gasteiger partial charge in [-0.25, -0.2) is 8.78 Å². The van der Waals surface area contributed by atoms with Crippen LogP contribution in [-0.2, 0) is 31.2 Å². The quantitative estimate of drug-likeness (QED) is 0.199. The van der Waals surface area contributed by atoms with Crippen molar-refractivity contribution in [2.45, 2.75) is 95.9 Å². The second kappa shape index (κ2) is 15.1. The van der Waals surface area contributed by atoms with Crippen molar-refractivity contribution in [3.8, 4) is 16.9 Å². The molecule has 4 aromatic rings. The molecule has 9 rings (SSSR count). The van der Waals surface area contributed by atoms with Gasteiger partial charge in [-0.1, -0.05) is 0 Å². The number of amides is 1. The molecule has 0 radical (unpaired) electrons. The SMILES string of the molecule is CC(=O)N1CCc2c(c(N3CCCc4cc(-c5cnn(C)c5)c(C(F)F)cc43)nn2C2CCN(C3CC4(CC(Oc5ccc(C=O)cc5)C4)C3)CC2)C1.CO. The van der Waals surface area contributed by atoms with Gasteiger partial charge in [-0.05, 0) is 104 Å². The fourth-order valence-electron chi connectivity index (χ4n) is 9.91. The van der Waals surface area contributed by atoms with Crippen molar-refractivity contribution >= 4 is 23.7 Å². The minimum absolute atomic E-state index is 0.00258. The molecule has 13 heteroatoms. The number of fused-ring (bicyclic) bond motifs is 2. The summed E-state index contributed by atoms with van der Waals surface area (Å²) in [7, 11) is 2.79. The van der Waals surface area contributed by atoms with Crippen LogP contribution in [0.1, 0.15) is 97.1 Å². The fraction of sp³-hybridized carbons (Fsp3) is 0.524. The lowest BCUT2D eigenvalue weighted by atomic mass is 9.52. The van der Waals surface area contributed by atoms with Gasteiger partial charge in [-0.3, -0.25) is 19.0 Å². The van der Waals surface area contributed by atoms with Gasteiger partial charge in [-0.2, -0.15) is 10.2 Å². The highest BCUT2D eigenvalue weighted by Crippen LogP contribution is 2.58. The summed E-state index contributed by atoms with van der Waals surface area (Å²) in [5.41, 5.74) is 6.35. The van der Waals surface area contributed by atoms with Gasteiger partial charge in [0.25, 0.3) is 6.43 Å². The summed E-state index contributed by atoms with van der Waals surface area (Å²) in [5.74, 6) is 1.69. The first-order chi connectivity index (χ1) is 26.7. The molecule has 3 aliphatic heterocycles. The van der Waals surface area contributed by atoms with Gasteiger partial charge in [0, 0.05) is 99.6 Å². The van der Waals surface area contributed by atoms with Crippen molar-refractivity contribution in [3.05, 3.63) is 76.7 Å². The molecule has 0 atom stereocenters. The molecule has 1 N–H and O–H groups in total. The molecule has 2 saturated carbocycles. The molecular weight excluding hydrogens is 705 g/mol. The van der Waals surface area contributed by atoms with Gasteiger partial charge in [0.15, 0.2) is 5.82 Å². The molecular formula is C42H51F2N7O4. The van der Waals surface area contributed by atoms with Crippen molar-refractivity contribution in [1.82, 2.24) is 29.4 Å². The number of aliphatic hydroxyl groups is 1. The van der Waals surface area contributed by atoms with E-state index in [1.54, 1.807) is 49.2 Å². The Hall–Kier alpha value is -4.62. The fourth-order valence-corrected chi connectivity index (χ4v) is 9.91. The number of aryl methyl sites for hydroxylation is 2. The number of hydrogen-bond donors (Lipinski definition) is 1. The number of benzene rings is 2. The van der Waals surface area contributed by atoms with Crippen molar-refractivity contribution in [3.63, 3.8) is 0 Å². The lowest BCUT2D eigenvalue weighted by molar-refractivity contribution is -0.129. The molecule has 55 heavy (non-hydrogen) atoms. The van der Waals surface area contributed by atoms with Crippen molar-refractivity contribution in [2.75, 3.05) is 38.2 Å². The van der Waals surface area contributed by atoms with Crippen LogP contribution in [0.2, 0.25) is 0 Å². The number of aliphatic hydroxyl groups excluding tert-OH is 1. The number of anilines is 2. The van der Waals surface area contributed by atoms with E-state index in [1.807, 2.05) is 23.1 Å². The Balaban J connectivity index is 0.00000210. The Bertz CT molecular complexity index is 2020. The lowest BCUT2D eigenvalue weighted by Crippen LogP contribution is -2.59. The number of piperidine rings is 1. The molecule has 11 nitrogen and oxygen atoms in total. The predicted molar refractivity (Wildman–Crippen MR) is 205 cm³/mol. The van der Waals surface area contributed by atoms with Gasteiger partial charge >= 0.3 is 0 Å². The zero-order chi connectivity index (χ0) is 38.4. The number of carbonyl (C=O) groups excluding carboxylic acids is 2. The second-order valence-electron chi connectivity index (χ2n) is 16.1. The third-order valence-corrected chi connectivity index (χ3v) is 12.7. The summed E-state index contributed by atoms with van der Waals surface area (Å²) in [5, 5.41) is 16.6. The van der Waals surface area contributed by atoms with Gasteiger partial charge in [0.05, 0.1) is 24.9 Å². The number of halogens is 2. The molecule has 3 fully saturated rings. The second-order valence-corrected chi connectivity index (χ2v) is 16.1. The number of aldehydes is 1. The normalized spacial score (nSPS) is 23.7. The van der Waals surface area contributed by atoms with Gasteiger partial charge < -0.3 is 24.5 Å². The lowest BCUT2D eigenvalue weighted by Gasteiger charge is -2.60. The maximum Gasteiger partial charge on any atom is 0.264 e. The van der Waals surface area contributed by atoms with Crippen molar-refractivity contribution in [1.29, 1.82) is 0 Å². The molecule has 5 aliphatic rings. The number of hydrogen-bond acceptors (Lipinski definition) is 8. The first-order valence-electron chi connectivity index (χ1n) is 19.6. The van der Waals surface area contributed by atoms with E-state index in [4.69, 9.17) is 14.9 Å². The van der Waals surface area contributed by atoms with Crippen LogP contribution >= 0.6 is 0 Å². The Morgan fingerprint density at radius 1 is 1.00 bits per heavy atom. The van der Waals surface area contributed by atoms with E-state index in [2.05, 4.69) is 19.6 Å². The predicted octanol–water partition coefficient (Wildman–Crippen LogP) is 6.66. The van der Waals surface area contributed by atoms with Crippen LogP contribution in [-0.4, -0.2) is 92.1 Å². The molecule has 2 aliphatic carbocycles. The maximum absolute atomic E-state index is 14.7. The van der Waals surface area contributed by atoms with Crippen LogP contribution in [0.5, 0.6) is 5.75 Å². The highest BCUT2D eigenvalue weighted by Gasteiger charge is 2.55. The molecule has 1 spiro atoms. The smallest absolute Gasteiger partial charge is 0.264 e. The summed E-state index contributed by atoms with van der Waals surface area (Å²) in [6, 6.07) is 11.8. The van der Waals surface area contributed by atoms with Crippen LogP contribution in [0.15, 0.2) is 48.8 Å². The molecule has 1 saturated heterocycles. The van der Waals surface area contributed by atoms with Crippen LogP contribution < -0.4 is 9.64 Å². The van der Waals surface area contributed by atoms with E-state index in [1.165, 1.54) is 18.5 Å². The van der Waals surface area contributed by atoms with E-state index in [-0.39, 0.29) is 23.6 Å². The highest BCUT2D eigenvalue weighted by molar-refractivity contribution is 5.78. The summed E-state index contributed by atoms with van der Waals surface area (Å²) in [6.45, 7) is 5.50. The standard InChI is InChI=1S/C41H47F2N7O3.CH4O/c1-26(52)48-15-11-37-36(24-48)40(49-12-3-4-28-16-34(29-22-44-46(2)23-29)35(39(42)43)17-38(28)49)45-50(37)30-9-13-47(14-10-30)31-18-41(19-31)20-33(21-41)53-32-7-5-27(25-51)6-8-32;1-2/h5-8,16-17,22-23,25,30-31,33,39H,3-4,9-15,18-21,24H2,1-2H3;2H,1H3. The van der Waals surface area contributed by atoms with Crippen LogP contribution in [0, 0.1) is 5.41 Å². The number of nitrogens with zero attached hydrogens (tertiary/aromatic N) is 7. The summed E-state index contributed by atoms with van der Waals surface area (Å²) in [6.07, 6.45) is 11.0. The van der Waals surface area contributed by atoms with Crippen molar-refractivity contribution in [2.24, 2.45) is 12.5 Å². The first-order valence-corrected chi connectivity index (χ1v) is 19.6. The number of likely N-dealkylation sites (tertiary alicyclic amines) is 1. The van der Waals surface area contributed by atoms with Crippen molar-refractivity contribution < 1.29 is 28.2 Å². The Morgan fingerprint density at radius 3 is 2.40 bits per heavy atom. The number of ether oxygens (including phenoxy) is 1. The van der Waals surface area contributed by atoms with E-state index >= 15 is 0 Å². The largest absolute Gasteiger partial charge is 0.490 e. The maximum atomic E-state index is 14.7. The van der Waals surface area contributed by atoms with E-state index < -0.39 is 6.43 Å². The summed E-state index contributed by atoms with van der Waals surface area (Å²) >= 11 is 0. The van der Waals surface area contributed by atoms with E-state index in [0.717, 1.165) is 99.8 Å². The van der Waals surface area contributed by atoms with Crippen LogP contribution in [0.3, 0.4) is 0 Å². The number of carbonyl (C=O) groups is 2. The third-order valence-electron chi connectivity index (χ3n) is 12.7.